The number of amides is 2. The highest BCUT2D eigenvalue weighted by Crippen LogP contribution is 2.29. The summed E-state index contributed by atoms with van der Waals surface area (Å²) < 4.78 is 28.9. The van der Waals surface area contributed by atoms with Crippen molar-refractivity contribution in [1.82, 2.24) is 4.90 Å². The van der Waals surface area contributed by atoms with Crippen LogP contribution in [0.2, 0.25) is 0 Å². The lowest BCUT2D eigenvalue weighted by molar-refractivity contribution is -0.136. The summed E-state index contributed by atoms with van der Waals surface area (Å²) in [4.78, 5) is 28.3. The van der Waals surface area contributed by atoms with Crippen LogP contribution in [0.1, 0.15) is 26.7 Å². The predicted molar refractivity (Wildman–Crippen MR) is 102 cm³/mol. The molecule has 3 rings (SSSR count). The normalized spacial score (nSPS) is 24.4. The Labute approximate surface area is 160 Å². The van der Waals surface area contributed by atoms with E-state index in [0.29, 0.717) is 13.0 Å². The molecule has 0 spiro atoms. The summed E-state index contributed by atoms with van der Waals surface area (Å²) in [5.74, 6) is 0.158. The summed E-state index contributed by atoms with van der Waals surface area (Å²) in [7, 11) is -1.42. The highest BCUT2D eigenvalue weighted by Gasteiger charge is 2.40. The van der Waals surface area contributed by atoms with Gasteiger partial charge in [-0.2, -0.15) is 0 Å². The van der Waals surface area contributed by atoms with Gasteiger partial charge in [0.15, 0.2) is 9.84 Å². The van der Waals surface area contributed by atoms with E-state index in [1.54, 1.807) is 11.9 Å². The lowest BCUT2D eigenvalue weighted by Gasteiger charge is -2.26. The Balaban J connectivity index is 1.65. The van der Waals surface area contributed by atoms with E-state index < -0.39 is 15.8 Å². The third-order valence-electron chi connectivity index (χ3n) is 5.10. The van der Waals surface area contributed by atoms with Crippen LogP contribution >= 0.6 is 0 Å². The maximum absolute atomic E-state index is 12.8. The topological polar surface area (TPSA) is 84.0 Å². The van der Waals surface area contributed by atoms with Gasteiger partial charge >= 0.3 is 0 Å². The SMILES string of the molecule is CC(C)Oc1ccc(N2CC(C(=O)N(C)C3CCS(=O)(=O)C3)CC2=O)cc1. The summed E-state index contributed by atoms with van der Waals surface area (Å²) >= 11 is 0. The van der Waals surface area contributed by atoms with Crippen molar-refractivity contribution in [3.63, 3.8) is 0 Å². The molecular weight excluding hydrogens is 368 g/mol. The number of carbonyl (C=O) groups is 2. The van der Waals surface area contributed by atoms with Gasteiger partial charge in [0.25, 0.3) is 0 Å². The maximum atomic E-state index is 12.8. The quantitative estimate of drug-likeness (QED) is 0.755. The average molecular weight is 394 g/mol. The molecule has 2 atom stereocenters. The smallest absolute Gasteiger partial charge is 0.228 e. The highest BCUT2D eigenvalue weighted by molar-refractivity contribution is 7.91. The van der Waals surface area contributed by atoms with Crippen LogP contribution in [0.4, 0.5) is 5.69 Å². The number of anilines is 1. The zero-order chi connectivity index (χ0) is 19.8. The summed E-state index contributed by atoms with van der Waals surface area (Å²) in [5.41, 5.74) is 0.734. The molecule has 1 aromatic rings. The van der Waals surface area contributed by atoms with Crippen molar-refractivity contribution >= 4 is 27.3 Å². The van der Waals surface area contributed by atoms with Crippen LogP contribution in [0.15, 0.2) is 24.3 Å². The molecule has 2 heterocycles. The van der Waals surface area contributed by atoms with Gasteiger partial charge in [0, 0.05) is 31.7 Å². The van der Waals surface area contributed by atoms with Crippen molar-refractivity contribution in [3.05, 3.63) is 24.3 Å². The lowest BCUT2D eigenvalue weighted by atomic mass is 10.1. The van der Waals surface area contributed by atoms with E-state index in [4.69, 9.17) is 4.74 Å². The molecule has 0 aliphatic carbocycles. The fraction of sp³-hybridized carbons (Fsp3) is 0.579. The van der Waals surface area contributed by atoms with E-state index in [2.05, 4.69) is 0 Å². The van der Waals surface area contributed by atoms with E-state index >= 15 is 0 Å². The number of benzene rings is 1. The van der Waals surface area contributed by atoms with Crippen LogP contribution in [0, 0.1) is 5.92 Å². The number of sulfone groups is 1. The number of carbonyl (C=O) groups excluding carboxylic acids is 2. The number of hydrogen-bond acceptors (Lipinski definition) is 5. The Morgan fingerprint density at radius 2 is 1.93 bits per heavy atom. The fourth-order valence-electron chi connectivity index (χ4n) is 3.65. The minimum atomic E-state index is -3.06. The van der Waals surface area contributed by atoms with Gasteiger partial charge < -0.3 is 14.5 Å². The second kappa shape index (κ2) is 7.50. The zero-order valence-corrected chi connectivity index (χ0v) is 16.7. The summed E-state index contributed by atoms with van der Waals surface area (Å²) in [6.45, 7) is 4.20. The van der Waals surface area contributed by atoms with Crippen LogP contribution in [0.5, 0.6) is 5.75 Å². The van der Waals surface area contributed by atoms with Gasteiger partial charge in [-0.05, 0) is 44.5 Å². The van der Waals surface area contributed by atoms with Gasteiger partial charge in [0.05, 0.1) is 23.5 Å². The molecule has 0 N–H and O–H groups in total. The molecule has 8 heteroatoms. The second-order valence-corrected chi connectivity index (χ2v) is 9.80. The van der Waals surface area contributed by atoms with Crippen LogP contribution in [-0.2, 0) is 19.4 Å². The van der Waals surface area contributed by atoms with Gasteiger partial charge in [-0.1, -0.05) is 0 Å². The van der Waals surface area contributed by atoms with Crippen molar-refractivity contribution in [2.45, 2.75) is 38.8 Å². The number of ether oxygens (including phenoxy) is 1. The number of nitrogens with zero attached hydrogens (tertiary/aromatic N) is 2. The second-order valence-electron chi connectivity index (χ2n) is 7.57. The molecule has 2 aliphatic heterocycles. The first-order valence-corrected chi connectivity index (χ1v) is 11.0. The monoisotopic (exact) mass is 394 g/mol. The van der Waals surface area contributed by atoms with Gasteiger partial charge in [-0.25, -0.2) is 8.42 Å². The van der Waals surface area contributed by atoms with E-state index in [0.717, 1.165) is 11.4 Å². The largest absolute Gasteiger partial charge is 0.491 e. The van der Waals surface area contributed by atoms with Crippen molar-refractivity contribution in [2.24, 2.45) is 5.92 Å². The molecule has 2 fully saturated rings. The molecule has 2 aliphatic rings. The Kier molecular flexibility index (Phi) is 5.46. The Hall–Kier alpha value is -2.09. The Morgan fingerprint density at radius 1 is 1.26 bits per heavy atom. The molecule has 0 aromatic heterocycles. The molecule has 27 heavy (non-hydrogen) atoms. The van der Waals surface area contributed by atoms with E-state index in [1.807, 2.05) is 38.1 Å². The van der Waals surface area contributed by atoms with Crippen LogP contribution in [0.3, 0.4) is 0 Å². The minimum Gasteiger partial charge on any atom is -0.491 e. The van der Waals surface area contributed by atoms with Gasteiger partial charge in [0.1, 0.15) is 5.75 Å². The average Bonchev–Trinajstić information content (AvgIpc) is 3.16. The van der Waals surface area contributed by atoms with Crippen LogP contribution in [-0.4, -0.2) is 62.4 Å². The lowest BCUT2D eigenvalue weighted by Crippen LogP contribution is -2.42. The van der Waals surface area contributed by atoms with Crippen molar-refractivity contribution < 1.29 is 22.7 Å². The van der Waals surface area contributed by atoms with Crippen LogP contribution in [0.25, 0.3) is 0 Å². The maximum Gasteiger partial charge on any atom is 0.228 e. The third-order valence-corrected chi connectivity index (χ3v) is 6.85. The van der Waals surface area contributed by atoms with E-state index in [9.17, 15) is 18.0 Å². The summed E-state index contributed by atoms with van der Waals surface area (Å²) in [6.07, 6.45) is 0.681. The van der Waals surface area contributed by atoms with Gasteiger partial charge in [-0.15, -0.1) is 0 Å². The molecule has 148 valence electrons. The molecule has 2 amide bonds. The van der Waals surface area contributed by atoms with Crippen molar-refractivity contribution in [1.29, 1.82) is 0 Å². The molecule has 0 saturated carbocycles. The van der Waals surface area contributed by atoms with E-state index in [1.165, 1.54) is 4.90 Å². The van der Waals surface area contributed by atoms with Crippen molar-refractivity contribution in [3.8, 4) is 5.75 Å². The number of rotatable bonds is 5. The molecule has 1 aromatic carbocycles. The number of hydrogen-bond donors (Lipinski definition) is 0. The van der Waals surface area contributed by atoms with E-state index in [-0.39, 0.29) is 41.9 Å². The molecule has 0 radical (unpaired) electrons. The standard InChI is InChI=1S/C19H26N2O5S/c1-13(2)26-17-6-4-15(5-7-17)21-11-14(10-18(21)22)19(23)20(3)16-8-9-27(24,25)12-16/h4-7,13-14,16H,8-12H2,1-3H3. The first-order valence-electron chi connectivity index (χ1n) is 9.20. The first-order chi connectivity index (χ1) is 12.7. The van der Waals surface area contributed by atoms with Crippen LogP contribution < -0.4 is 9.64 Å². The summed E-state index contributed by atoms with van der Waals surface area (Å²) in [6, 6.07) is 6.96. The molecule has 0 bridgehead atoms. The fourth-order valence-corrected chi connectivity index (χ4v) is 5.42. The first kappa shape index (κ1) is 19.7. The zero-order valence-electron chi connectivity index (χ0n) is 15.9. The molecular formula is C19H26N2O5S. The molecule has 7 nitrogen and oxygen atoms in total. The molecule has 2 saturated heterocycles. The van der Waals surface area contributed by atoms with Crippen molar-refractivity contribution in [2.75, 3.05) is 30.0 Å². The Bertz CT molecular complexity index is 819. The third kappa shape index (κ3) is 4.43. The van der Waals surface area contributed by atoms with Gasteiger partial charge in [-0.3, -0.25) is 9.59 Å². The predicted octanol–water partition coefficient (Wildman–Crippen LogP) is 1.47. The highest BCUT2D eigenvalue weighted by atomic mass is 32.2. The minimum absolute atomic E-state index is 0.0108. The van der Waals surface area contributed by atoms with Gasteiger partial charge in [0.2, 0.25) is 11.8 Å². The molecule has 2 unspecified atom stereocenters. The summed E-state index contributed by atoms with van der Waals surface area (Å²) in [5, 5.41) is 0. The Morgan fingerprint density at radius 3 is 2.48 bits per heavy atom.